The van der Waals surface area contributed by atoms with E-state index < -0.39 is 0 Å². The summed E-state index contributed by atoms with van der Waals surface area (Å²) in [5.74, 6) is 2.01. The number of nitrogens with one attached hydrogen (secondary N) is 1. The van der Waals surface area contributed by atoms with E-state index in [0.717, 1.165) is 11.3 Å². The van der Waals surface area contributed by atoms with Gasteiger partial charge in [0.25, 0.3) is 0 Å². The summed E-state index contributed by atoms with van der Waals surface area (Å²) >= 11 is 0. The van der Waals surface area contributed by atoms with Crippen molar-refractivity contribution in [2.24, 2.45) is 0 Å². The van der Waals surface area contributed by atoms with Gasteiger partial charge in [-0.05, 0) is 60.7 Å². The predicted molar refractivity (Wildman–Crippen MR) is 127 cm³/mol. The zero-order valence-corrected chi connectivity index (χ0v) is 18.5. The number of carbonyl (C=O) groups excluding carboxylic acids is 2. The maximum Gasteiger partial charge on any atom is 0.232 e. The molecule has 1 N–H and O–H groups in total. The Morgan fingerprint density at radius 1 is 1.00 bits per heavy atom. The van der Waals surface area contributed by atoms with Crippen LogP contribution in [0.3, 0.4) is 0 Å². The fourth-order valence-electron chi connectivity index (χ4n) is 3.87. The Bertz CT molecular complexity index is 1300. The van der Waals surface area contributed by atoms with Gasteiger partial charge in [-0.15, -0.1) is 0 Å². The summed E-state index contributed by atoms with van der Waals surface area (Å²) in [6.07, 6.45) is 0.337. The van der Waals surface area contributed by atoms with Crippen LogP contribution in [-0.2, 0) is 9.59 Å². The van der Waals surface area contributed by atoms with Crippen LogP contribution in [0.25, 0.3) is 11.4 Å². The second kappa shape index (κ2) is 9.19. The summed E-state index contributed by atoms with van der Waals surface area (Å²) in [4.78, 5) is 29.9. The van der Waals surface area contributed by atoms with Gasteiger partial charge < -0.3 is 19.5 Å². The molecule has 3 aromatic carbocycles. The first-order valence-electron chi connectivity index (χ1n) is 10.9. The normalized spacial score (nSPS) is 15.4. The maximum absolute atomic E-state index is 12.5. The van der Waals surface area contributed by atoms with Gasteiger partial charge >= 0.3 is 0 Å². The van der Waals surface area contributed by atoms with E-state index in [1.165, 1.54) is 6.92 Å². The molecule has 0 aliphatic carbocycles. The average Bonchev–Trinajstić information content (AvgIpc) is 3.48. The van der Waals surface area contributed by atoms with Crippen molar-refractivity contribution in [3.63, 3.8) is 0 Å². The van der Waals surface area contributed by atoms with E-state index in [9.17, 15) is 9.59 Å². The first kappa shape index (κ1) is 21.4. The topological polar surface area (TPSA) is 97.6 Å². The summed E-state index contributed by atoms with van der Waals surface area (Å²) in [6, 6.07) is 24.1. The molecule has 1 aliphatic heterocycles. The van der Waals surface area contributed by atoms with E-state index in [2.05, 4.69) is 15.5 Å². The van der Waals surface area contributed by atoms with Crippen molar-refractivity contribution in [2.75, 3.05) is 16.8 Å². The monoisotopic (exact) mass is 454 g/mol. The maximum atomic E-state index is 12.5. The van der Waals surface area contributed by atoms with Crippen LogP contribution in [0.5, 0.6) is 11.5 Å². The first-order chi connectivity index (χ1) is 16.5. The van der Waals surface area contributed by atoms with E-state index in [0.29, 0.717) is 41.9 Å². The van der Waals surface area contributed by atoms with Gasteiger partial charge in [-0.25, -0.2) is 0 Å². The van der Waals surface area contributed by atoms with Crippen molar-refractivity contribution in [1.29, 1.82) is 0 Å². The van der Waals surface area contributed by atoms with E-state index in [1.54, 1.807) is 29.2 Å². The molecular weight excluding hydrogens is 432 g/mol. The number of aromatic nitrogens is 2. The van der Waals surface area contributed by atoms with E-state index >= 15 is 0 Å². The molecular formula is C26H22N4O4. The molecule has 34 heavy (non-hydrogen) atoms. The number of nitrogens with zero attached hydrogens (tertiary/aromatic N) is 3. The number of amides is 2. The molecule has 2 heterocycles. The van der Waals surface area contributed by atoms with E-state index in [4.69, 9.17) is 9.26 Å². The molecule has 0 spiro atoms. The Hall–Kier alpha value is -4.46. The first-order valence-corrected chi connectivity index (χ1v) is 10.9. The molecule has 8 heteroatoms. The highest BCUT2D eigenvalue weighted by molar-refractivity contribution is 5.96. The third-order valence-electron chi connectivity index (χ3n) is 5.51. The van der Waals surface area contributed by atoms with Crippen molar-refractivity contribution in [3.8, 4) is 22.9 Å². The largest absolute Gasteiger partial charge is 0.457 e. The Labute approximate surface area is 196 Å². The van der Waals surface area contributed by atoms with Gasteiger partial charge in [0.2, 0.25) is 23.5 Å². The third-order valence-corrected chi connectivity index (χ3v) is 5.51. The fourth-order valence-corrected chi connectivity index (χ4v) is 3.87. The van der Waals surface area contributed by atoms with Gasteiger partial charge in [0.15, 0.2) is 0 Å². The minimum absolute atomic E-state index is 0.0440. The zero-order valence-electron chi connectivity index (χ0n) is 18.5. The second-order valence-electron chi connectivity index (χ2n) is 8.03. The van der Waals surface area contributed by atoms with Crippen molar-refractivity contribution in [3.05, 3.63) is 84.8 Å². The van der Waals surface area contributed by atoms with Gasteiger partial charge in [-0.2, -0.15) is 4.98 Å². The standard InChI is InChI=1S/C26H22N4O4/c1-17(31)27-20-9-13-23(14-10-20)33-22-11-7-18(8-12-22)25-28-26(34-29-25)19-15-24(32)30(16-19)21-5-3-2-4-6-21/h2-14,19H,15-16H2,1H3,(H,27,31). The SMILES string of the molecule is CC(=O)Nc1ccc(Oc2ccc(-c3noc(C4CC(=O)N(c5ccccc5)C4)n3)cc2)cc1. The summed E-state index contributed by atoms with van der Waals surface area (Å²) < 4.78 is 11.4. The number of anilines is 2. The van der Waals surface area contributed by atoms with Crippen molar-refractivity contribution < 1.29 is 18.8 Å². The van der Waals surface area contributed by atoms with Crippen LogP contribution in [0.1, 0.15) is 25.2 Å². The lowest BCUT2D eigenvalue weighted by molar-refractivity contribution is -0.117. The molecule has 2 amide bonds. The van der Waals surface area contributed by atoms with Gasteiger partial charge in [0.1, 0.15) is 11.5 Å². The number of carbonyl (C=O) groups is 2. The minimum Gasteiger partial charge on any atom is -0.457 e. The molecule has 0 bridgehead atoms. The molecule has 1 atom stereocenters. The third kappa shape index (κ3) is 4.66. The predicted octanol–water partition coefficient (Wildman–Crippen LogP) is 5.01. The molecule has 4 aromatic rings. The van der Waals surface area contributed by atoms with Crippen molar-refractivity contribution >= 4 is 23.2 Å². The molecule has 1 unspecified atom stereocenters. The van der Waals surface area contributed by atoms with Crippen LogP contribution in [0.15, 0.2) is 83.4 Å². The molecule has 1 aliphatic rings. The molecule has 5 rings (SSSR count). The molecule has 0 saturated carbocycles. The molecule has 8 nitrogen and oxygen atoms in total. The van der Waals surface area contributed by atoms with Crippen molar-refractivity contribution in [1.82, 2.24) is 10.1 Å². The number of ether oxygens (including phenoxy) is 1. The Morgan fingerprint density at radius 2 is 1.68 bits per heavy atom. The molecule has 1 aromatic heterocycles. The smallest absolute Gasteiger partial charge is 0.232 e. The quantitative estimate of drug-likeness (QED) is 0.440. The minimum atomic E-state index is -0.142. The summed E-state index contributed by atoms with van der Waals surface area (Å²) in [5.41, 5.74) is 2.36. The lowest BCUT2D eigenvalue weighted by atomic mass is 10.1. The van der Waals surface area contributed by atoms with Crippen LogP contribution in [-0.4, -0.2) is 28.5 Å². The highest BCUT2D eigenvalue weighted by atomic mass is 16.5. The molecule has 170 valence electrons. The Balaban J connectivity index is 1.24. The number of rotatable bonds is 6. The van der Waals surface area contributed by atoms with Crippen LogP contribution >= 0.6 is 0 Å². The second-order valence-corrected chi connectivity index (χ2v) is 8.03. The summed E-state index contributed by atoms with van der Waals surface area (Å²) in [5, 5.41) is 6.83. The molecule has 1 fully saturated rings. The summed E-state index contributed by atoms with van der Waals surface area (Å²) in [6.45, 7) is 1.98. The number of hydrogen-bond acceptors (Lipinski definition) is 6. The zero-order chi connectivity index (χ0) is 23.5. The van der Waals surface area contributed by atoms with Gasteiger partial charge in [0.05, 0.1) is 5.92 Å². The van der Waals surface area contributed by atoms with Gasteiger partial charge in [0, 0.05) is 36.8 Å². The Kier molecular flexibility index (Phi) is 5.78. The molecule has 1 saturated heterocycles. The lowest BCUT2D eigenvalue weighted by Crippen LogP contribution is -2.24. The average molecular weight is 454 g/mol. The van der Waals surface area contributed by atoms with Gasteiger partial charge in [-0.3, -0.25) is 9.59 Å². The highest BCUT2D eigenvalue weighted by Gasteiger charge is 2.35. The fraction of sp³-hybridized carbons (Fsp3) is 0.154. The summed E-state index contributed by atoms with van der Waals surface area (Å²) in [7, 11) is 0. The van der Waals surface area contributed by atoms with Crippen LogP contribution in [0.2, 0.25) is 0 Å². The van der Waals surface area contributed by atoms with Crippen LogP contribution < -0.4 is 15.0 Å². The van der Waals surface area contributed by atoms with Gasteiger partial charge in [-0.1, -0.05) is 23.4 Å². The van der Waals surface area contributed by atoms with E-state index in [-0.39, 0.29) is 17.7 Å². The highest BCUT2D eigenvalue weighted by Crippen LogP contribution is 2.32. The number of para-hydroxylation sites is 1. The van der Waals surface area contributed by atoms with Crippen LogP contribution in [0.4, 0.5) is 11.4 Å². The van der Waals surface area contributed by atoms with Crippen LogP contribution in [0, 0.1) is 0 Å². The van der Waals surface area contributed by atoms with Crippen molar-refractivity contribution in [2.45, 2.75) is 19.3 Å². The number of hydrogen-bond donors (Lipinski definition) is 1. The number of benzene rings is 3. The van der Waals surface area contributed by atoms with E-state index in [1.807, 2.05) is 54.6 Å². The lowest BCUT2D eigenvalue weighted by Gasteiger charge is -2.15. The Morgan fingerprint density at radius 3 is 2.35 bits per heavy atom. The molecule has 0 radical (unpaired) electrons.